The van der Waals surface area contributed by atoms with Crippen molar-refractivity contribution < 1.29 is 18.2 Å². The van der Waals surface area contributed by atoms with Crippen LogP contribution >= 0.6 is 11.6 Å². The molecule has 2 aromatic heterocycles. The van der Waals surface area contributed by atoms with Crippen molar-refractivity contribution >= 4 is 11.6 Å². The average molecular weight is 304 g/mol. The number of hydrogen-bond acceptors (Lipinski definition) is 3. The summed E-state index contributed by atoms with van der Waals surface area (Å²) >= 11 is 6.19. The Morgan fingerprint density at radius 3 is 2.80 bits per heavy atom. The van der Waals surface area contributed by atoms with Gasteiger partial charge in [0.2, 0.25) is 0 Å². The predicted molar refractivity (Wildman–Crippen MR) is 68.6 cm³/mol. The lowest BCUT2D eigenvalue weighted by molar-refractivity contribution is -0.604. The lowest BCUT2D eigenvalue weighted by Gasteiger charge is -2.10. The van der Waals surface area contributed by atoms with E-state index in [4.69, 9.17) is 11.6 Å². The summed E-state index contributed by atoms with van der Waals surface area (Å²) in [4.78, 5) is 0. The molecule has 8 heteroatoms. The van der Waals surface area contributed by atoms with Crippen molar-refractivity contribution in [1.82, 2.24) is 9.78 Å². The number of aryl methyl sites for hydroxylation is 2. The maximum atomic E-state index is 12.4. The van der Waals surface area contributed by atoms with E-state index in [1.165, 1.54) is 10.7 Å². The quantitative estimate of drug-likeness (QED) is 0.644. The topological polar surface area (TPSA) is 54.0 Å². The molecule has 0 aliphatic rings. The summed E-state index contributed by atoms with van der Waals surface area (Å²) in [6.45, 7) is -1.12. The van der Waals surface area contributed by atoms with Gasteiger partial charge in [0, 0.05) is 13.1 Å². The van der Waals surface area contributed by atoms with Crippen LogP contribution in [-0.2, 0) is 13.5 Å². The Bertz CT molecular complexity index is 631. The molecular formula is C12H12ClF2N3O2. The minimum absolute atomic E-state index is 0.125. The minimum Gasteiger partial charge on any atom is -0.619 e. The van der Waals surface area contributed by atoms with Crippen LogP contribution in [0, 0.1) is 5.21 Å². The van der Waals surface area contributed by atoms with Crippen LogP contribution < -0.4 is 9.47 Å². The van der Waals surface area contributed by atoms with Gasteiger partial charge in [-0.15, -0.1) is 0 Å². The Labute approximate surface area is 118 Å². The van der Waals surface area contributed by atoms with Gasteiger partial charge in [-0.25, -0.2) is 0 Å². The van der Waals surface area contributed by atoms with Crippen molar-refractivity contribution in [3.8, 4) is 17.0 Å². The van der Waals surface area contributed by atoms with Crippen molar-refractivity contribution in [2.24, 2.45) is 7.05 Å². The van der Waals surface area contributed by atoms with E-state index in [-0.39, 0.29) is 11.3 Å². The molecule has 0 atom stereocenters. The standard InChI is InChI=1S/C12H12ClF2N3O2/c1-3-8-10(13)11(17(2)16-8)7-6-18(19)5-4-9(7)20-12(14)15/h4-6,12H,3H2,1-2H3. The maximum absolute atomic E-state index is 12.4. The van der Waals surface area contributed by atoms with Crippen molar-refractivity contribution in [1.29, 1.82) is 0 Å². The summed E-state index contributed by atoms with van der Waals surface area (Å²) in [6.07, 6.45) is 2.79. The van der Waals surface area contributed by atoms with E-state index in [1.807, 2.05) is 6.92 Å². The average Bonchev–Trinajstić information content (AvgIpc) is 2.66. The fraction of sp³-hybridized carbons (Fsp3) is 0.333. The van der Waals surface area contributed by atoms with Gasteiger partial charge in [0.15, 0.2) is 12.4 Å². The molecule has 5 nitrogen and oxygen atoms in total. The molecule has 0 bridgehead atoms. The summed E-state index contributed by atoms with van der Waals surface area (Å²) in [6, 6.07) is 1.17. The monoisotopic (exact) mass is 303 g/mol. The first-order valence-corrected chi connectivity index (χ1v) is 6.21. The number of nitrogens with zero attached hydrogens (tertiary/aromatic N) is 3. The lowest BCUT2D eigenvalue weighted by atomic mass is 10.1. The zero-order chi connectivity index (χ0) is 14.9. The summed E-state index contributed by atoms with van der Waals surface area (Å²) < 4.78 is 31.2. The first kappa shape index (κ1) is 14.5. The minimum atomic E-state index is -2.99. The van der Waals surface area contributed by atoms with Gasteiger partial charge < -0.3 is 9.94 Å². The molecule has 0 aromatic carbocycles. The zero-order valence-corrected chi connectivity index (χ0v) is 11.6. The molecular weight excluding hydrogens is 292 g/mol. The number of alkyl halides is 2. The van der Waals surface area contributed by atoms with Gasteiger partial charge in [0.1, 0.15) is 11.3 Å². The van der Waals surface area contributed by atoms with Gasteiger partial charge in [0.05, 0.1) is 16.4 Å². The van der Waals surface area contributed by atoms with E-state index in [0.29, 0.717) is 27.6 Å². The van der Waals surface area contributed by atoms with Crippen LogP contribution in [-0.4, -0.2) is 16.4 Å². The Hall–Kier alpha value is -1.89. The first-order chi connectivity index (χ1) is 9.43. The fourth-order valence-electron chi connectivity index (χ4n) is 1.91. The molecule has 0 fully saturated rings. The van der Waals surface area contributed by atoms with E-state index in [1.54, 1.807) is 7.05 Å². The summed E-state index contributed by atoms with van der Waals surface area (Å²) in [5.74, 6) is -0.125. The predicted octanol–water partition coefficient (Wildman–Crippen LogP) is 2.54. The van der Waals surface area contributed by atoms with Gasteiger partial charge in [-0.2, -0.15) is 18.6 Å². The molecule has 108 valence electrons. The van der Waals surface area contributed by atoms with E-state index in [2.05, 4.69) is 9.84 Å². The second-order valence-electron chi connectivity index (χ2n) is 4.05. The fourth-order valence-corrected chi connectivity index (χ4v) is 2.31. The SMILES string of the molecule is CCc1nn(C)c(-c2c[n+]([O-])ccc2OC(F)F)c1Cl. The van der Waals surface area contributed by atoms with E-state index in [0.717, 1.165) is 12.4 Å². The Kier molecular flexibility index (Phi) is 4.08. The summed E-state index contributed by atoms with van der Waals surface area (Å²) in [7, 11) is 1.62. The van der Waals surface area contributed by atoms with Crippen LogP contribution in [0.1, 0.15) is 12.6 Å². The zero-order valence-electron chi connectivity index (χ0n) is 10.8. The van der Waals surface area contributed by atoms with E-state index in [9.17, 15) is 14.0 Å². The molecule has 0 N–H and O–H groups in total. The molecule has 0 spiro atoms. The third-order valence-electron chi connectivity index (χ3n) is 2.76. The number of pyridine rings is 1. The molecule has 0 amide bonds. The van der Waals surface area contributed by atoms with Gasteiger partial charge >= 0.3 is 6.61 Å². The molecule has 2 rings (SSSR count). The molecule has 0 unspecified atom stereocenters. The molecule has 20 heavy (non-hydrogen) atoms. The van der Waals surface area contributed by atoms with Crippen LogP contribution in [0.3, 0.4) is 0 Å². The Balaban J connectivity index is 2.62. The molecule has 0 aliphatic carbocycles. The number of hydrogen-bond donors (Lipinski definition) is 0. The summed E-state index contributed by atoms with van der Waals surface area (Å²) in [5.41, 5.74) is 1.15. The molecule has 2 aromatic rings. The maximum Gasteiger partial charge on any atom is 0.387 e. The van der Waals surface area contributed by atoms with Crippen molar-refractivity contribution in [3.63, 3.8) is 0 Å². The second kappa shape index (κ2) is 5.62. The highest BCUT2D eigenvalue weighted by molar-refractivity contribution is 6.33. The molecule has 0 aliphatic heterocycles. The van der Waals surface area contributed by atoms with Crippen molar-refractivity contribution in [3.05, 3.63) is 34.4 Å². The first-order valence-electron chi connectivity index (χ1n) is 5.83. The highest BCUT2D eigenvalue weighted by Gasteiger charge is 2.22. The highest BCUT2D eigenvalue weighted by Crippen LogP contribution is 2.36. The number of ether oxygens (including phenoxy) is 1. The van der Waals surface area contributed by atoms with Crippen molar-refractivity contribution in [2.45, 2.75) is 20.0 Å². The molecule has 0 saturated carbocycles. The third-order valence-corrected chi connectivity index (χ3v) is 3.15. The molecule has 2 heterocycles. The molecule has 0 radical (unpaired) electrons. The summed E-state index contributed by atoms with van der Waals surface area (Å²) in [5, 5.41) is 15.9. The number of rotatable bonds is 4. The van der Waals surface area contributed by atoms with Crippen LogP contribution in [0.5, 0.6) is 5.75 Å². The van der Waals surface area contributed by atoms with Gasteiger partial charge in [0.25, 0.3) is 0 Å². The van der Waals surface area contributed by atoms with Gasteiger partial charge in [-0.3, -0.25) is 4.68 Å². The smallest absolute Gasteiger partial charge is 0.387 e. The van der Waals surface area contributed by atoms with Gasteiger partial charge in [-0.1, -0.05) is 18.5 Å². The van der Waals surface area contributed by atoms with Gasteiger partial charge in [-0.05, 0) is 6.42 Å². The molecule has 0 saturated heterocycles. The van der Waals surface area contributed by atoms with Crippen LogP contribution in [0.25, 0.3) is 11.3 Å². The van der Waals surface area contributed by atoms with Crippen LogP contribution in [0.15, 0.2) is 18.5 Å². The van der Waals surface area contributed by atoms with E-state index < -0.39 is 6.61 Å². The van der Waals surface area contributed by atoms with E-state index >= 15 is 0 Å². The Morgan fingerprint density at radius 1 is 1.55 bits per heavy atom. The number of aromatic nitrogens is 3. The normalized spacial score (nSPS) is 11.1. The largest absolute Gasteiger partial charge is 0.619 e. The highest BCUT2D eigenvalue weighted by atomic mass is 35.5. The van der Waals surface area contributed by atoms with Crippen molar-refractivity contribution in [2.75, 3.05) is 0 Å². The second-order valence-corrected chi connectivity index (χ2v) is 4.43. The van der Waals surface area contributed by atoms with Crippen LogP contribution in [0.2, 0.25) is 5.02 Å². The van der Waals surface area contributed by atoms with Crippen LogP contribution in [0.4, 0.5) is 8.78 Å². The number of halogens is 3. The third kappa shape index (κ3) is 2.67. The Morgan fingerprint density at radius 2 is 2.25 bits per heavy atom. The lowest BCUT2D eigenvalue weighted by Crippen LogP contribution is -2.25.